The van der Waals surface area contributed by atoms with Crippen LogP contribution >= 0.6 is 0 Å². The summed E-state index contributed by atoms with van der Waals surface area (Å²) in [5.41, 5.74) is 12.0. The maximum absolute atomic E-state index is 13.1. The van der Waals surface area contributed by atoms with E-state index in [4.69, 9.17) is 11.5 Å². The average Bonchev–Trinajstić information content (AvgIpc) is 3.21. The number of hydrogen-bond donors (Lipinski definition) is 8. The lowest BCUT2D eigenvalue weighted by Gasteiger charge is -2.24. The predicted molar refractivity (Wildman–Crippen MR) is 125 cm³/mol. The number of carboxylic acids is 1. The molecule has 0 aliphatic rings. The van der Waals surface area contributed by atoms with E-state index >= 15 is 0 Å². The maximum atomic E-state index is 13.1. The van der Waals surface area contributed by atoms with E-state index in [0.29, 0.717) is 5.56 Å². The van der Waals surface area contributed by atoms with Crippen molar-refractivity contribution in [1.82, 2.24) is 20.9 Å². The summed E-state index contributed by atoms with van der Waals surface area (Å²) in [5.74, 6) is -4.51. The van der Waals surface area contributed by atoms with Crippen LogP contribution in [0.25, 0.3) is 10.9 Å². The van der Waals surface area contributed by atoms with Crippen molar-refractivity contribution in [2.75, 3.05) is 6.61 Å². The lowest BCUT2D eigenvalue weighted by atomic mass is 10.0. The summed E-state index contributed by atoms with van der Waals surface area (Å²) in [5, 5.41) is 26.8. The third kappa shape index (κ3) is 7.79. The van der Waals surface area contributed by atoms with Crippen molar-refractivity contribution in [3.05, 3.63) is 36.0 Å². The van der Waals surface area contributed by atoms with Crippen LogP contribution in [0, 0.1) is 0 Å². The molecule has 0 aliphatic heterocycles. The Labute approximate surface area is 200 Å². The van der Waals surface area contributed by atoms with Gasteiger partial charge in [0, 0.05) is 29.9 Å². The highest BCUT2D eigenvalue weighted by atomic mass is 16.4. The molecule has 0 aliphatic carbocycles. The lowest BCUT2D eigenvalue weighted by molar-refractivity contribution is -0.142. The highest BCUT2D eigenvalue weighted by molar-refractivity contribution is 5.95. The van der Waals surface area contributed by atoms with Crippen LogP contribution < -0.4 is 27.4 Å². The van der Waals surface area contributed by atoms with Crippen molar-refractivity contribution in [2.24, 2.45) is 11.5 Å². The van der Waals surface area contributed by atoms with Crippen molar-refractivity contribution in [2.45, 2.75) is 50.4 Å². The quantitative estimate of drug-likeness (QED) is 0.154. The van der Waals surface area contributed by atoms with E-state index in [9.17, 15) is 34.2 Å². The molecule has 1 aromatic heterocycles. The molecule has 13 nitrogen and oxygen atoms in total. The summed E-state index contributed by atoms with van der Waals surface area (Å²) < 4.78 is 0. The molecule has 1 aromatic carbocycles. The zero-order valence-electron chi connectivity index (χ0n) is 19.1. The number of benzene rings is 1. The summed E-state index contributed by atoms with van der Waals surface area (Å²) in [7, 11) is 0. The maximum Gasteiger partial charge on any atom is 0.326 e. The minimum atomic E-state index is -1.43. The van der Waals surface area contributed by atoms with Crippen LogP contribution in [0.5, 0.6) is 0 Å². The summed E-state index contributed by atoms with van der Waals surface area (Å²) in [6.07, 6.45) is 1.10. The fourth-order valence-electron chi connectivity index (χ4n) is 3.32. The van der Waals surface area contributed by atoms with Crippen LogP contribution in [-0.2, 0) is 30.4 Å². The number of carboxylic acid groups (broad SMARTS) is 1. The third-order valence-electron chi connectivity index (χ3n) is 5.26. The topological polar surface area (TPSA) is 230 Å². The van der Waals surface area contributed by atoms with Gasteiger partial charge in [0.2, 0.25) is 23.6 Å². The second-order valence-electron chi connectivity index (χ2n) is 8.06. The van der Waals surface area contributed by atoms with Gasteiger partial charge in [-0.1, -0.05) is 18.2 Å². The first-order valence-corrected chi connectivity index (χ1v) is 10.9. The Bertz CT molecular complexity index is 1080. The average molecular weight is 491 g/mol. The number of aromatic nitrogens is 1. The molecular formula is C22H30N6O7. The number of primary amides is 1. The van der Waals surface area contributed by atoms with E-state index in [1.807, 2.05) is 18.2 Å². The van der Waals surface area contributed by atoms with Gasteiger partial charge in [0.1, 0.15) is 18.1 Å². The summed E-state index contributed by atoms with van der Waals surface area (Å²) in [6, 6.07) is 2.20. The molecular weight excluding hydrogens is 460 g/mol. The van der Waals surface area contributed by atoms with E-state index in [0.717, 1.165) is 10.9 Å². The van der Waals surface area contributed by atoms with E-state index in [-0.39, 0.29) is 19.3 Å². The van der Waals surface area contributed by atoms with E-state index < -0.39 is 60.4 Å². The van der Waals surface area contributed by atoms with E-state index in [2.05, 4.69) is 20.9 Å². The number of hydrogen-bond acceptors (Lipinski definition) is 7. The Balaban J connectivity index is 2.27. The number of rotatable bonds is 13. The van der Waals surface area contributed by atoms with Gasteiger partial charge in [-0.25, -0.2) is 4.79 Å². The van der Waals surface area contributed by atoms with E-state index in [1.54, 1.807) is 12.3 Å². The summed E-state index contributed by atoms with van der Waals surface area (Å²) in [6.45, 7) is 0.634. The molecule has 4 amide bonds. The van der Waals surface area contributed by atoms with Crippen LogP contribution in [-0.4, -0.2) is 75.6 Å². The highest BCUT2D eigenvalue weighted by Crippen LogP contribution is 2.19. The molecule has 1 heterocycles. The van der Waals surface area contributed by atoms with Gasteiger partial charge in [0.15, 0.2) is 0 Å². The molecule has 4 unspecified atom stereocenters. The van der Waals surface area contributed by atoms with Gasteiger partial charge in [-0.15, -0.1) is 0 Å². The lowest BCUT2D eigenvalue weighted by Crippen LogP contribution is -2.58. The van der Waals surface area contributed by atoms with Crippen molar-refractivity contribution >= 4 is 40.5 Å². The molecule has 13 heteroatoms. The number of nitrogens with one attached hydrogen (secondary N) is 4. The third-order valence-corrected chi connectivity index (χ3v) is 5.26. The first-order valence-electron chi connectivity index (χ1n) is 10.9. The molecule has 0 saturated heterocycles. The van der Waals surface area contributed by atoms with Crippen LogP contribution in [0.4, 0.5) is 0 Å². The van der Waals surface area contributed by atoms with Crippen LogP contribution in [0.3, 0.4) is 0 Å². The molecule has 190 valence electrons. The molecule has 0 radical (unpaired) electrons. The van der Waals surface area contributed by atoms with Gasteiger partial charge < -0.3 is 42.6 Å². The fourth-order valence-corrected chi connectivity index (χ4v) is 3.32. The van der Waals surface area contributed by atoms with Crippen molar-refractivity contribution < 1.29 is 34.2 Å². The number of aliphatic hydroxyl groups is 1. The van der Waals surface area contributed by atoms with Gasteiger partial charge in [0.25, 0.3) is 0 Å². The first-order chi connectivity index (χ1) is 16.5. The largest absolute Gasteiger partial charge is 0.480 e. The SMILES string of the molecule is CC(N)C(=O)NC(CO)C(=O)NC(Cc1c[nH]c2ccccc12)C(=O)NC(CCC(N)=O)C(=O)O. The molecule has 2 aromatic rings. The number of aliphatic hydroxyl groups excluding tert-OH is 1. The monoisotopic (exact) mass is 490 g/mol. The molecule has 2 rings (SSSR count). The summed E-state index contributed by atoms with van der Waals surface area (Å²) in [4.78, 5) is 63.4. The Morgan fingerprint density at radius 2 is 1.57 bits per heavy atom. The van der Waals surface area contributed by atoms with Crippen molar-refractivity contribution in [1.29, 1.82) is 0 Å². The Morgan fingerprint density at radius 3 is 2.17 bits per heavy atom. The normalized spacial score (nSPS) is 14.4. The molecule has 0 saturated carbocycles. The number of aromatic amines is 1. The molecule has 35 heavy (non-hydrogen) atoms. The molecule has 0 bridgehead atoms. The van der Waals surface area contributed by atoms with E-state index in [1.165, 1.54) is 6.92 Å². The number of H-pyrrole nitrogens is 1. The number of carbonyl (C=O) groups excluding carboxylic acids is 4. The minimum Gasteiger partial charge on any atom is -0.480 e. The van der Waals surface area contributed by atoms with Crippen LogP contribution in [0.2, 0.25) is 0 Å². The number of amides is 4. The van der Waals surface area contributed by atoms with Gasteiger partial charge in [-0.05, 0) is 25.0 Å². The minimum absolute atomic E-state index is 0.0386. The second kappa shape index (κ2) is 12.5. The van der Waals surface area contributed by atoms with Crippen LogP contribution in [0.15, 0.2) is 30.5 Å². The second-order valence-corrected chi connectivity index (χ2v) is 8.06. The number of para-hydroxylation sites is 1. The first kappa shape index (κ1) is 27.3. The zero-order chi connectivity index (χ0) is 26.1. The number of nitrogens with two attached hydrogens (primary N) is 2. The van der Waals surface area contributed by atoms with Gasteiger partial charge >= 0.3 is 5.97 Å². The Morgan fingerprint density at radius 1 is 0.971 bits per heavy atom. The fraction of sp³-hybridized carbons (Fsp3) is 0.409. The van der Waals surface area contributed by atoms with Crippen molar-refractivity contribution in [3.8, 4) is 0 Å². The van der Waals surface area contributed by atoms with Gasteiger partial charge in [0.05, 0.1) is 12.6 Å². The molecule has 4 atom stereocenters. The number of fused-ring (bicyclic) bond motifs is 1. The standard InChI is InChI=1S/C22H30N6O7/c1-11(23)19(31)28-17(10-29)21(33)27-16(8-12-9-25-14-5-3-2-4-13(12)14)20(32)26-15(22(34)35)6-7-18(24)30/h2-5,9,11,15-17,25,29H,6-8,10,23H2,1H3,(H2,24,30)(H,26,32)(H,27,33)(H,28,31)(H,34,35). The van der Waals surface area contributed by atoms with Crippen molar-refractivity contribution in [3.63, 3.8) is 0 Å². The zero-order valence-corrected chi connectivity index (χ0v) is 19.1. The smallest absolute Gasteiger partial charge is 0.326 e. The molecule has 0 spiro atoms. The van der Waals surface area contributed by atoms with Gasteiger partial charge in [-0.2, -0.15) is 0 Å². The highest BCUT2D eigenvalue weighted by Gasteiger charge is 2.30. The predicted octanol–water partition coefficient (Wildman–Crippen LogP) is -2.15. The summed E-state index contributed by atoms with van der Waals surface area (Å²) >= 11 is 0. The molecule has 10 N–H and O–H groups in total. The number of aliphatic carboxylic acids is 1. The number of carbonyl (C=O) groups is 5. The Hall–Kier alpha value is -3.97. The van der Waals surface area contributed by atoms with Crippen LogP contribution in [0.1, 0.15) is 25.3 Å². The van der Waals surface area contributed by atoms with Gasteiger partial charge in [-0.3, -0.25) is 19.2 Å². The Kier molecular flexibility index (Phi) is 9.73. The molecule has 0 fully saturated rings.